The minimum atomic E-state index is -0.184. The van der Waals surface area contributed by atoms with Crippen molar-refractivity contribution in [3.63, 3.8) is 0 Å². The summed E-state index contributed by atoms with van der Waals surface area (Å²) in [5.74, 6) is 1.42. The van der Waals surface area contributed by atoms with Crippen LogP contribution in [-0.4, -0.2) is 14.2 Å². The highest BCUT2D eigenvalue weighted by molar-refractivity contribution is 9.11. The molecule has 2 nitrogen and oxygen atoms in total. The molecule has 5 heteroatoms. The zero-order chi connectivity index (χ0) is 14.0. The van der Waals surface area contributed by atoms with Gasteiger partial charge in [-0.15, -0.1) is 22.9 Å². The minimum Gasteiger partial charge on any atom is -0.493 e. The lowest BCUT2D eigenvalue weighted by atomic mass is 10.0. The van der Waals surface area contributed by atoms with Gasteiger partial charge in [0.15, 0.2) is 11.5 Å². The second-order valence-electron chi connectivity index (χ2n) is 4.07. The molecule has 0 N–H and O–H groups in total. The maximum Gasteiger partial charge on any atom is 0.161 e. The van der Waals surface area contributed by atoms with Crippen molar-refractivity contribution in [1.29, 1.82) is 0 Å². The molecule has 0 saturated carbocycles. The second-order valence-corrected chi connectivity index (χ2v) is 7.00. The van der Waals surface area contributed by atoms with Crippen molar-refractivity contribution in [3.05, 3.63) is 44.1 Å². The molecular formula is C14H14BrClO2S. The zero-order valence-electron chi connectivity index (χ0n) is 10.9. The van der Waals surface area contributed by atoms with Crippen LogP contribution >= 0.6 is 38.9 Å². The minimum absolute atomic E-state index is 0.184. The molecule has 1 unspecified atom stereocenters. The van der Waals surface area contributed by atoms with Gasteiger partial charge in [0.05, 0.1) is 23.4 Å². The summed E-state index contributed by atoms with van der Waals surface area (Å²) in [5.41, 5.74) is 2.12. The number of rotatable bonds is 4. The van der Waals surface area contributed by atoms with E-state index in [-0.39, 0.29) is 5.38 Å². The van der Waals surface area contributed by atoms with Crippen LogP contribution in [-0.2, 0) is 0 Å². The van der Waals surface area contributed by atoms with Crippen molar-refractivity contribution in [1.82, 2.24) is 0 Å². The first-order valence-corrected chi connectivity index (χ1v) is 7.73. The van der Waals surface area contributed by atoms with E-state index in [1.165, 1.54) is 0 Å². The summed E-state index contributed by atoms with van der Waals surface area (Å²) in [6.45, 7) is 2.02. The first-order chi connectivity index (χ1) is 9.06. The van der Waals surface area contributed by atoms with Gasteiger partial charge in [0.25, 0.3) is 0 Å². The first-order valence-electron chi connectivity index (χ1n) is 5.68. The van der Waals surface area contributed by atoms with Gasteiger partial charge in [-0.3, -0.25) is 0 Å². The Morgan fingerprint density at radius 2 is 1.79 bits per heavy atom. The van der Waals surface area contributed by atoms with E-state index >= 15 is 0 Å². The van der Waals surface area contributed by atoms with Crippen LogP contribution in [0.5, 0.6) is 11.5 Å². The number of hydrogen-bond donors (Lipinski definition) is 0. The highest BCUT2D eigenvalue weighted by Gasteiger charge is 2.18. The Morgan fingerprint density at radius 1 is 1.16 bits per heavy atom. The number of aryl methyl sites for hydroxylation is 1. The van der Waals surface area contributed by atoms with Crippen molar-refractivity contribution in [3.8, 4) is 11.5 Å². The van der Waals surface area contributed by atoms with E-state index in [1.807, 2.05) is 31.2 Å². The van der Waals surface area contributed by atoms with Crippen molar-refractivity contribution in [2.24, 2.45) is 0 Å². The van der Waals surface area contributed by atoms with Crippen LogP contribution in [0.3, 0.4) is 0 Å². The van der Waals surface area contributed by atoms with E-state index in [9.17, 15) is 0 Å². The van der Waals surface area contributed by atoms with Crippen molar-refractivity contribution >= 4 is 38.9 Å². The first kappa shape index (κ1) is 14.7. The largest absolute Gasteiger partial charge is 0.493 e. The van der Waals surface area contributed by atoms with E-state index in [1.54, 1.807) is 25.6 Å². The summed E-state index contributed by atoms with van der Waals surface area (Å²) in [6.07, 6.45) is 0. The molecule has 102 valence electrons. The van der Waals surface area contributed by atoms with Crippen LogP contribution < -0.4 is 9.47 Å². The van der Waals surface area contributed by atoms with Gasteiger partial charge in [0.1, 0.15) is 0 Å². The number of halogens is 2. The van der Waals surface area contributed by atoms with Gasteiger partial charge >= 0.3 is 0 Å². The molecule has 1 atom stereocenters. The van der Waals surface area contributed by atoms with Crippen LogP contribution in [0.1, 0.15) is 21.4 Å². The monoisotopic (exact) mass is 360 g/mol. The summed E-state index contributed by atoms with van der Waals surface area (Å²) in [6, 6.07) is 7.93. The maximum atomic E-state index is 6.57. The summed E-state index contributed by atoms with van der Waals surface area (Å²) >= 11 is 11.7. The average Bonchev–Trinajstić information content (AvgIpc) is 2.84. The van der Waals surface area contributed by atoms with Gasteiger partial charge < -0.3 is 9.47 Å². The lowest BCUT2D eigenvalue weighted by molar-refractivity contribution is 0.354. The van der Waals surface area contributed by atoms with Crippen LogP contribution in [0, 0.1) is 6.92 Å². The van der Waals surface area contributed by atoms with Gasteiger partial charge in [-0.05, 0) is 58.2 Å². The van der Waals surface area contributed by atoms with E-state index in [2.05, 4.69) is 15.9 Å². The van der Waals surface area contributed by atoms with Gasteiger partial charge in [-0.2, -0.15) is 0 Å². The summed E-state index contributed by atoms with van der Waals surface area (Å²) in [4.78, 5) is 1.10. The quantitative estimate of drug-likeness (QED) is 0.700. The summed E-state index contributed by atoms with van der Waals surface area (Å²) < 4.78 is 11.7. The standard InChI is InChI=1S/C14H14BrClO2S/c1-8-6-10(17-2)11(18-3)7-9(8)14(16)12-4-5-13(15)19-12/h4-7,14H,1-3H3. The Labute approximate surface area is 130 Å². The fraction of sp³-hybridized carbons (Fsp3) is 0.286. The maximum absolute atomic E-state index is 6.57. The van der Waals surface area contributed by atoms with Gasteiger partial charge in [0, 0.05) is 4.88 Å². The van der Waals surface area contributed by atoms with E-state index in [0.29, 0.717) is 5.75 Å². The molecule has 1 aromatic heterocycles. The van der Waals surface area contributed by atoms with E-state index < -0.39 is 0 Å². The second kappa shape index (κ2) is 6.16. The molecule has 2 rings (SSSR count). The number of methoxy groups -OCH3 is 2. The smallest absolute Gasteiger partial charge is 0.161 e. The van der Waals surface area contributed by atoms with Crippen molar-refractivity contribution in [2.45, 2.75) is 12.3 Å². The molecule has 1 aromatic carbocycles. The fourth-order valence-electron chi connectivity index (χ4n) is 1.89. The lowest BCUT2D eigenvalue weighted by Gasteiger charge is -2.15. The number of alkyl halides is 1. The molecule has 0 aliphatic heterocycles. The van der Waals surface area contributed by atoms with Crippen LogP contribution in [0.4, 0.5) is 0 Å². The summed E-state index contributed by atoms with van der Waals surface area (Å²) in [7, 11) is 3.26. The Balaban J connectivity index is 2.44. The SMILES string of the molecule is COc1cc(C)c(C(Cl)c2ccc(Br)s2)cc1OC. The van der Waals surface area contributed by atoms with Crippen LogP contribution in [0.15, 0.2) is 28.1 Å². The number of thiophene rings is 1. The number of benzene rings is 1. The normalized spacial score (nSPS) is 12.3. The molecule has 2 aromatic rings. The molecule has 0 fully saturated rings. The molecule has 0 bridgehead atoms. The molecule has 0 radical (unpaired) electrons. The predicted molar refractivity (Wildman–Crippen MR) is 84.0 cm³/mol. The average molecular weight is 362 g/mol. The van der Waals surface area contributed by atoms with Crippen LogP contribution in [0.2, 0.25) is 0 Å². The molecular weight excluding hydrogens is 348 g/mol. The third-order valence-corrected chi connectivity index (χ3v) is 5.18. The van der Waals surface area contributed by atoms with E-state index in [0.717, 1.165) is 25.5 Å². The van der Waals surface area contributed by atoms with Gasteiger partial charge in [-0.25, -0.2) is 0 Å². The molecule has 0 aliphatic carbocycles. The Bertz CT molecular complexity index is 583. The molecule has 0 saturated heterocycles. The van der Waals surface area contributed by atoms with Gasteiger partial charge in [0.2, 0.25) is 0 Å². The molecule has 0 aliphatic rings. The lowest BCUT2D eigenvalue weighted by Crippen LogP contribution is -1.98. The third-order valence-electron chi connectivity index (χ3n) is 2.89. The van der Waals surface area contributed by atoms with Crippen molar-refractivity contribution in [2.75, 3.05) is 14.2 Å². The molecule has 0 spiro atoms. The zero-order valence-corrected chi connectivity index (χ0v) is 14.0. The Morgan fingerprint density at radius 3 is 2.32 bits per heavy atom. The van der Waals surface area contributed by atoms with Crippen LogP contribution in [0.25, 0.3) is 0 Å². The number of ether oxygens (including phenoxy) is 2. The highest BCUT2D eigenvalue weighted by Crippen LogP contribution is 2.40. The van der Waals surface area contributed by atoms with Crippen molar-refractivity contribution < 1.29 is 9.47 Å². The molecule has 1 heterocycles. The van der Waals surface area contributed by atoms with Gasteiger partial charge in [-0.1, -0.05) is 0 Å². The molecule has 19 heavy (non-hydrogen) atoms. The fourth-order valence-corrected chi connectivity index (χ4v) is 3.75. The topological polar surface area (TPSA) is 18.5 Å². The van der Waals surface area contributed by atoms with E-state index in [4.69, 9.17) is 21.1 Å². The highest BCUT2D eigenvalue weighted by atomic mass is 79.9. The molecule has 0 amide bonds. The Kier molecular flexibility index (Phi) is 4.76. The summed E-state index contributed by atoms with van der Waals surface area (Å²) in [5, 5.41) is -0.184. The third kappa shape index (κ3) is 3.07. The Hall–Kier alpha value is -0.710. The predicted octanol–water partition coefficient (Wildman–Crippen LogP) is 5.16. The number of hydrogen-bond acceptors (Lipinski definition) is 3.